The summed E-state index contributed by atoms with van der Waals surface area (Å²) in [6.45, 7) is 7.14. The lowest BCUT2D eigenvalue weighted by molar-refractivity contribution is -0.00571. The van der Waals surface area contributed by atoms with Crippen molar-refractivity contribution >= 4 is 21.6 Å². The molecule has 0 spiro atoms. The summed E-state index contributed by atoms with van der Waals surface area (Å²) in [7, 11) is -2.99. The average molecular weight is 367 g/mol. The van der Waals surface area contributed by atoms with Crippen molar-refractivity contribution in [1.82, 2.24) is 15.3 Å². The maximum atomic E-state index is 12.0. The molecule has 4 heterocycles. The van der Waals surface area contributed by atoms with Gasteiger partial charge in [0, 0.05) is 38.4 Å². The predicted molar refractivity (Wildman–Crippen MR) is 95.8 cm³/mol. The van der Waals surface area contributed by atoms with Crippen LogP contribution in [-0.4, -0.2) is 80.4 Å². The monoisotopic (exact) mass is 367 g/mol. The Balaban J connectivity index is 1.59. The van der Waals surface area contributed by atoms with Crippen molar-refractivity contribution < 1.29 is 13.2 Å². The number of rotatable bonds is 2. The number of anilines is 2. The van der Waals surface area contributed by atoms with Crippen LogP contribution in [0.5, 0.6) is 0 Å². The Labute approximate surface area is 148 Å². The van der Waals surface area contributed by atoms with Gasteiger partial charge in [-0.2, -0.15) is 4.98 Å². The number of hydrogen-bond donors (Lipinski definition) is 1. The molecule has 9 heteroatoms. The van der Waals surface area contributed by atoms with Crippen molar-refractivity contribution in [2.24, 2.45) is 0 Å². The summed E-state index contributed by atoms with van der Waals surface area (Å²) in [6.07, 6.45) is 2.04. The molecule has 4 atom stereocenters. The zero-order valence-electron chi connectivity index (χ0n) is 14.6. The lowest BCUT2D eigenvalue weighted by Crippen LogP contribution is -2.57. The molecule has 0 bridgehead atoms. The fourth-order valence-corrected chi connectivity index (χ4v) is 6.10. The number of nitrogens with one attached hydrogen (secondary N) is 1. The highest BCUT2D eigenvalue weighted by molar-refractivity contribution is 7.91. The molecular formula is C16H25N5O3S. The number of fused-ring (bicyclic) bond motifs is 1. The highest BCUT2D eigenvalue weighted by Gasteiger charge is 2.43. The van der Waals surface area contributed by atoms with Gasteiger partial charge in [0.2, 0.25) is 5.95 Å². The minimum absolute atomic E-state index is 0.0133. The maximum absolute atomic E-state index is 12.0. The van der Waals surface area contributed by atoms with Crippen molar-refractivity contribution in [3.63, 3.8) is 0 Å². The minimum atomic E-state index is -2.99. The lowest BCUT2D eigenvalue weighted by Gasteiger charge is -2.39. The van der Waals surface area contributed by atoms with Crippen LogP contribution in [0, 0.1) is 0 Å². The second-order valence-electron chi connectivity index (χ2n) is 7.28. The van der Waals surface area contributed by atoms with Gasteiger partial charge in [-0.1, -0.05) is 0 Å². The first-order chi connectivity index (χ1) is 11.9. The van der Waals surface area contributed by atoms with Gasteiger partial charge < -0.3 is 19.9 Å². The molecule has 0 aliphatic carbocycles. The molecule has 3 aliphatic heterocycles. The van der Waals surface area contributed by atoms with Gasteiger partial charge in [-0.3, -0.25) is 0 Å². The van der Waals surface area contributed by atoms with Gasteiger partial charge in [0.05, 0.1) is 29.8 Å². The Bertz CT molecular complexity index is 733. The molecule has 8 nitrogen and oxygen atoms in total. The summed E-state index contributed by atoms with van der Waals surface area (Å²) in [5.41, 5.74) is 0. The lowest BCUT2D eigenvalue weighted by atomic mass is 10.1. The van der Waals surface area contributed by atoms with E-state index in [4.69, 9.17) is 9.72 Å². The zero-order chi connectivity index (χ0) is 17.6. The fraction of sp³-hybridized carbons (Fsp3) is 0.750. The summed E-state index contributed by atoms with van der Waals surface area (Å²) in [5, 5.41) is 3.33. The first kappa shape index (κ1) is 17.0. The third-order valence-corrected chi connectivity index (χ3v) is 6.82. The molecule has 1 aromatic heterocycles. The molecule has 0 radical (unpaired) electrons. The van der Waals surface area contributed by atoms with Gasteiger partial charge in [0.1, 0.15) is 5.82 Å². The molecule has 0 amide bonds. The summed E-state index contributed by atoms with van der Waals surface area (Å²) < 4.78 is 29.9. The van der Waals surface area contributed by atoms with Crippen LogP contribution in [0.2, 0.25) is 0 Å². The largest absolute Gasteiger partial charge is 0.372 e. The molecule has 1 aromatic rings. The van der Waals surface area contributed by atoms with Crippen LogP contribution in [-0.2, 0) is 14.6 Å². The van der Waals surface area contributed by atoms with E-state index in [9.17, 15) is 8.42 Å². The van der Waals surface area contributed by atoms with Crippen LogP contribution < -0.4 is 15.1 Å². The number of sulfone groups is 1. The van der Waals surface area contributed by atoms with Crippen LogP contribution in [0.15, 0.2) is 12.3 Å². The maximum Gasteiger partial charge on any atom is 0.227 e. The van der Waals surface area contributed by atoms with Gasteiger partial charge in [0.25, 0.3) is 0 Å². The summed E-state index contributed by atoms with van der Waals surface area (Å²) in [4.78, 5) is 13.5. The van der Waals surface area contributed by atoms with Gasteiger partial charge in [-0.15, -0.1) is 0 Å². The van der Waals surface area contributed by atoms with Gasteiger partial charge in [-0.05, 0) is 19.9 Å². The van der Waals surface area contributed by atoms with Crippen molar-refractivity contribution in [3.8, 4) is 0 Å². The molecule has 138 valence electrons. The van der Waals surface area contributed by atoms with Crippen LogP contribution in [0.3, 0.4) is 0 Å². The standard InChI is InChI=1S/C16H25N5O3S/c1-11-7-20(8-12(2)24-11)16-18-4-3-15(19-16)21-6-5-17-13-9-25(22,23)10-14(13)21/h3-4,11-14,17H,5-10H2,1-2H3/t11-,12+,13-,14+/m0/s1. The molecule has 0 saturated carbocycles. The molecule has 3 aliphatic rings. The Kier molecular flexibility index (Phi) is 4.33. The van der Waals surface area contributed by atoms with E-state index < -0.39 is 9.84 Å². The van der Waals surface area contributed by atoms with Crippen LogP contribution >= 0.6 is 0 Å². The normalized spacial score (nSPS) is 34.8. The van der Waals surface area contributed by atoms with Crippen molar-refractivity contribution in [1.29, 1.82) is 0 Å². The first-order valence-electron chi connectivity index (χ1n) is 8.85. The molecule has 3 saturated heterocycles. The number of aromatic nitrogens is 2. The van der Waals surface area contributed by atoms with Crippen molar-refractivity contribution in [2.45, 2.75) is 38.1 Å². The smallest absolute Gasteiger partial charge is 0.227 e. The Morgan fingerprint density at radius 2 is 2.00 bits per heavy atom. The molecule has 25 heavy (non-hydrogen) atoms. The predicted octanol–water partition coefficient (Wildman–Crippen LogP) is -0.335. The second kappa shape index (κ2) is 6.37. The highest BCUT2D eigenvalue weighted by Crippen LogP contribution is 2.27. The molecule has 0 aromatic carbocycles. The van der Waals surface area contributed by atoms with Crippen LogP contribution in [0.25, 0.3) is 0 Å². The number of hydrogen-bond acceptors (Lipinski definition) is 8. The third-order valence-electron chi connectivity index (χ3n) is 5.11. The van der Waals surface area contributed by atoms with E-state index in [0.717, 1.165) is 32.0 Å². The number of nitrogens with zero attached hydrogens (tertiary/aromatic N) is 4. The Morgan fingerprint density at radius 1 is 1.24 bits per heavy atom. The Hall–Kier alpha value is -1.45. The molecule has 0 unspecified atom stereocenters. The van der Waals surface area contributed by atoms with E-state index in [1.54, 1.807) is 6.20 Å². The van der Waals surface area contributed by atoms with Crippen LogP contribution in [0.1, 0.15) is 13.8 Å². The van der Waals surface area contributed by atoms with Crippen molar-refractivity contribution in [3.05, 3.63) is 12.3 Å². The zero-order valence-corrected chi connectivity index (χ0v) is 15.4. The second-order valence-corrected chi connectivity index (χ2v) is 9.43. The molecule has 1 N–H and O–H groups in total. The fourth-order valence-electron chi connectivity index (χ4n) is 4.14. The van der Waals surface area contributed by atoms with Gasteiger partial charge in [-0.25, -0.2) is 13.4 Å². The van der Waals surface area contributed by atoms with E-state index in [1.165, 1.54) is 0 Å². The van der Waals surface area contributed by atoms with Crippen LogP contribution in [0.4, 0.5) is 11.8 Å². The summed E-state index contributed by atoms with van der Waals surface area (Å²) >= 11 is 0. The highest BCUT2D eigenvalue weighted by atomic mass is 32.2. The molecular weight excluding hydrogens is 342 g/mol. The van der Waals surface area contributed by atoms with Gasteiger partial charge >= 0.3 is 0 Å². The number of morpholine rings is 1. The SMILES string of the molecule is C[C@@H]1CN(c2nccc(N3CCN[C@H]4CS(=O)(=O)C[C@H]43)n2)C[C@H](C)O1. The van der Waals surface area contributed by atoms with Crippen molar-refractivity contribution in [2.75, 3.05) is 47.5 Å². The first-order valence-corrected chi connectivity index (χ1v) is 10.7. The van der Waals surface area contributed by atoms with E-state index in [0.29, 0.717) is 5.95 Å². The van der Waals surface area contributed by atoms with E-state index >= 15 is 0 Å². The number of piperazine rings is 1. The summed E-state index contributed by atoms with van der Waals surface area (Å²) in [6, 6.07) is 1.81. The number of ether oxygens (including phenoxy) is 1. The minimum Gasteiger partial charge on any atom is -0.372 e. The Morgan fingerprint density at radius 3 is 2.76 bits per heavy atom. The van der Waals surface area contributed by atoms with E-state index in [-0.39, 0.29) is 35.8 Å². The van der Waals surface area contributed by atoms with E-state index in [2.05, 4.69) is 33.9 Å². The van der Waals surface area contributed by atoms with Gasteiger partial charge in [0.15, 0.2) is 9.84 Å². The molecule has 3 fully saturated rings. The summed E-state index contributed by atoms with van der Waals surface area (Å²) in [5.74, 6) is 1.90. The van der Waals surface area contributed by atoms with E-state index in [1.807, 2.05) is 6.07 Å². The average Bonchev–Trinajstić information content (AvgIpc) is 2.87. The molecule has 4 rings (SSSR count). The quantitative estimate of drug-likeness (QED) is 0.760. The topological polar surface area (TPSA) is 87.7 Å². The third kappa shape index (κ3) is 3.45.